The minimum Gasteiger partial charge on any atom is -0.504 e. The van der Waals surface area contributed by atoms with Gasteiger partial charge in [-0.2, -0.15) is 0 Å². The van der Waals surface area contributed by atoms with E-state index in [4.69, 9.17) is 4.74 Å². The molecule has 9 nitrogen and oxygen atoms in total. The van der Waals surface area contributed by atoms with Crippen molar-refractivity contribution in [2.75, 3.05) is 27.2 Å². The summed E-state index contributed by atoms with van der Waals surface area (Å²) < 4.78 is 5.62. The van der Waals surface area contributed by atoms with Gasteiger partial charge in [0, 0.05) is 53.5 Å². The molecule has 7 N–H and O–H groups in total. The monoisotopic (exact) mass is 816 g/mol. The first-order chi connectivity index (χ1) is 29.0. The lowest BCUT2D eigenvalue weighted by Crippen LogP contribution is -2.83. The van der Waals surface area contributed by atoms with Crippen LogP contribution in [0.2, 0.25) is 0 Å². The second-order valence-corrected chi connectivity index (χ2v) is 19.4. The molecule has 6 aliphatic rings. The molecule has 3 aromatic rings. The van der Waals surface area contributed by atoms with Crippen LogP contribution >= 0.6 is 0 Å². The molecular weight excluding hydrogens is 753 g/mol. The van der Waals surface area contributed by atoms with E-state index < -0.39 is 28.8 Å². The fourth-order valence-corrected chi connectivity index (χ4v) is 14.5. The first-order valence-electron chi connectivity index (χ1n) is 22.8. The Morgan fingerprint density at radius 2 is 1.73 bits per heavy atom. The molecule has 4 bridgehead atoms. The maximum Gasteiger partial charge on any atom is 0.160 e. The molecule has 1 heterocycles. The van der Waals surface area contributed by atoms with E-state index >= 15 is 4.79 Å². The number of ketones is 1. The van der Waals surface area contributed by atoms with Gasteiger partial charge in [-0.05, 0) is 141 Å². The van der Waals surface area contributed by atoms with E-state index in [0.717, 1.165) is 73.7 Å². The van der Waals surface area contributed by atoms with Crippen molar-refractivity contribution in [2.45, 2.75) is 119 Å². The van der Waals surface area contributed by atoms with Crippen LogP contribution in [0.4, 0.5) is 0 Å². The average molecular weight is 817 g/mol. The summed E-state index contributed by atoms with van der Waals surface area (Å²) in [6.45, 7) is 3.29. The summed E-state index contributed by atoms with van der Waals surface area (Å²) >= 11 is 0. The van der Waals surface area contributed by atoms with E-state index in [2.05, 4.69) is 41.5 Å². The first kappa shape index (κ1) is 41.3. The van der Waals surface area contributed by atoms with Gasteiger partial charge in [-0.15, -0.1) is 0 Å². The fourth-order valence-electron chi connectivity index (χ4n) is 14.5. The molecule has 1 aliphatic heterocycles. The van der Waals surface area contributed by atoms with E-state index in [1.54, 1.807) is 12.1 Å². The van der Waals surface area contributed by atoms with Gasteiger partial charge in [0.25, 0.3) is 0 Å². The second kappa shape index (κ2) is 16.0. The Labute approximate surface area is 355 Å². The van der Waals surface area contributed by atoms with Gasteiger partial charge in [0.15, 0.2) is 23.0 Å². The largest absolute Gasteiger partial charge is 0.504 e. The van der Waals surface area contributed by atoms with Crippen molar-refractivity contribution in [1.82, 2.24) is 10.6 Å². The van der Waals surface area contributed by atoms with Crippen molar-refractivity contribution in [3.8, 4) is 34.8 Å². The number of piperidine rings is 1. The third kappa shape index (κ3) is 6.29. The molecular formula is C51H64N2O7. The Kier molecular flexibility index (Phi) is 11.0. The molecule has 320 valence electrons. The summed E-state index contributed by atoms with van der Waals surface area (Å²) in [7, 11) is 3.52. The topological polar surface area (TPSA) is 152 Å². The highest BCUT2D eigenvalue weighted by atomic mass is 16.5. The minimum absolute atomic E-state index is 0.0185. The Morgan fingerprint density at radius 3 is 2.48 bits per heavy atom. The van der Waals surface area contributed by atoms with Gasteiger partial charge < -0.3 is 40.9 Å². The van der Waals surface area contributed by atoms with Gasteiger partial charge >= 0.3 is 0 Å². The number of methoxy groups -OCH3 is 1. The second-order valence-electron chi connectivity index (χ2n) is 19.4. The van der Waals surface area contributed by atoms with Crippen molar-refractivity contribution in [1.29, 1.82) is 0 Å². The molecule has 9 heteroatoms. The molecule has 3 aromatic carbocycles. The molecule has 3 saturated carbocycles. The zero-order chi connectivity index (χ0) is 42.0. The quantitative estimate of drug-likeness (QED) is 0.0606. The van der Waals surface area contributed by atoms with E-state index in [1.807, 2.05) is 37.4 Å². The normalized spacial score (nSPS) is 36.3. The van der Waals surface area contributed by atoms with Crippen molar-refractivity contribution < 1.29 is 35.1 Å². The molecule has 9 rings (SSSR count). The van der Waals surface area contributed by atoms with Gasteiger partial charge in [0.1, 0.15) is 5.78 Å². The van der Waals surface area contributed by atoms with E-state index in [9.17, 15) is 25.5 Å². The van der Waals surface area contributed by atoms with Gasteiger partial charge in [0.05, 0.1) is 19.3 Å². The summed E-state index contributed by atoms with van der Waals surface area (Å²) in [5.74, 6) is 6.70. The number of phenolic OH excluding ortho intramolecular Hbond substituents is 3. The smallest absolute Gasteiger partial charge is 0.160 e. The Morgan fingerprint density at radius 1 is 0.933 bits per heavy atom. The number of hydrogen-bond donors (Lipinski definition) is 7. The maximum absolute atomic E-state index is 15.8. The average Bonchev–Trinajstić information content (AvgIpc) is 3.25. The van der Waals surface area contributed by atoms with Gasteiger partial charge in [-0.3, -0.25) is 4.79 Å². The Hall–Kier alpha value is -4.07. The lowest BCUT2D eigenvalue weighted by Gasteiger charge is -2.76. The predicted octanol–water partition coefficient (Wildman–Crippen LogP) is 7.21. The summed E-state index contributed by atoms with van der Waals surface area (Å²) in [6.07, 6.45) is 9.20. The molecule has 5 aliphatic carbocycles. The molecule has 0 aromatic heterocycles. The highest BCUT2D eigenvalue weighted by Gasteiger charge is 2.76. The number of Topliss-reactive ketones (excluding diaryl/α,β-unsaturated/α-hetero) is 1. The van der Waals surface area contributed by atoms with Gasteiger partial charge in [-0.25, -0.2) is 0 Å². The van der Waals surface area contributed by atoms with Crippen LogP contribution < -0.4 is 15.4 Å². The molecule has 0 amide bonds. The number of aliphatic hydroxyl groups excluding tert-OH is 1. The number of carbonyl (C=O) groups is 1. The zero-order valence-electron chi connectivity index (χ0n) is 35.6. The molecule has 0 radical (unpaired) electrons. The van der Waals surface area contributed by atoms with Crippen LogP contribution in [0.1, 0.15) is 117 Å². The number of aromatic hydroxyl groups is 3. The summed E-state index contributed by atoms with van der Waals surface area (Å²) in [5.41, 5.74) is 2.09. The molecule has 1 saturated heterocycles. The van der Waals surface area contributed by atoms with E-state index in [1.165, 1.54) is 7.11 Å². The van der Waals surface area contributed by atoms with Crippen LogP contribution in [0.15, 0.2) is 54.6 Å². The van der Waals surface area contributed by atoms with E-state index in [-0.39, 0.29) is 71.0 Å². The Bertz CT molecular complexity index is 2170. The standard InChI is InChI=1S/C51H64N2O7/c1-4-5-7-12-40-43(55)23-37(38-25-47(60-3)46(58)21-35(38)29-54)31(19-30-10-8-6-9-11-30)13-14-33-28-53-49-16-15-32-20-34(27-52-2)36-22-41(32)51(49,48(33)50(40,59)18-17-49)42-26-45(57)44(56)24-39(36)42/h6,8-11,21,24-26,31-34,36-37,40-41,48,52-54,56-59H,4-5,7,12,15-20,22-23,27-29H2,1-3H3/t31-,32+,33-,34-,36+,37-,40-,41-,48+,49-,50-,51+/m0/s1. The number of benzene rings is 3. The summed E-state index contributed by atoms with van der Waals surface area (Å²) in [5, 5.41) is 66.0. The number of hydrogen-bond acceptors (Lipinski definition) is 9. The molecule has 0 unspecified atom stereocenters. The van der Waals surface area contributed by atoms with E-state index in [0.29, 0.717) is 49.6 Å². The number of rotatable bonds is 11. The number of carbonyl (C=O) groups excluding carboxylic acids is 1. The highest BCUT2D eigenvalue weighted by molar-refractivity contribution is 5.84. The SMILES string of the molecule is CCCCC[C@H]1C(=O)C[C@H](c2cc(OC)c(O)cc2CO)[C@H](Cc2ccccc2)C#C[C@H]2CN[C@]34CC[C@@H]5C[C@@H](CNC)[C@H]6C[C@@H]5[C@@]3(c3cc(O)c(O)cc36)[C@H]2[C@]1(O)CC4. The van der Waals surface area contributed by atoms with Crippen molar-refractivity contribution in [3.63, 3.8) is 0 Å². The Balaban J connectivity index is 1.30. The summed E-state index contributed by atoms with van der Waals surface area (Å²) in [4.78, 5) is 15.8. The minimum atomic E-state index is -1.39. The van der Waals surface area contributed by atoms with Crippen LogP contribution in [-0.2, 0) is 23.2 Å². The third-order valence-corrected chi connectivity index (χ3v) is 16.8. The molecule has 12 atom stereocenters. The van der Waals surface area contributed by atoms with Crippen LogP contribution in [0.3, 0.4) is 0 Å². The third-order valence-electron chi connectivity index (χ3n) is 16.8. The lowest BCUT2D eigenvalue weighted by atomic mass is 9.31. The number of aliphatic hydroxyl groups is 2. The van der Waals surface area contributed by atoms with Gasteiger partial charge in [-0.1, -0.05) is 68.4 Å². The molecule has 1 spiro atoms. The predicted molar refractivity (Wildman–Crippen MR) is 231 cm³/mol. The number of unbranched alkanes of at least 4 members (excludes halogenated alkanes) is 2. The van der Waals surface area contributed by atoms with Crippen molar-refractivity contribution in [2.24, 2.45) is 41.4 Å². The number of fused-ring (bicyclic) bond motifs is 3. The zero-order valence-corrected chi connectivity index (χ0v) is 35.6. The van der Waals surface area contributed by atoms with Crippen molar-refractivity contribution in [3.05, 3.63) is 82.4 Å². The fraction of sp³-hybridized carbons (Fsp3) is 0.588. The first-order valence-corrected chi connectivity index (χ1v) is 22.8. The number of phenols is 3. The van der Waals surface area contributed by atoms with Crippen LogP contribution in [0, 0.1) is 53.3 Å². The van der Waals surface area contributed by atoms with Crippen molar-refractivity contribution >= 4 is 5.78 Å². The highest BCUT2D eigenvalue weighted by Crippen LogP contribution is 2.74. The number of ether oxygens (including phenoxy) is 1. The van der Waals surface area contributed by atoms with Gasteiger partial charge in [0.2, 0.25) is 0 Å². The molecule has 4 fully saturated rings. The van der Waals surface area contributed by atoms with Crippen LogP contribution in [0.25, 0.3) is 0 Å². The lowest BCUT2D eigenvalue weighted by molar-refractivity contribution is -0.226. The summed E-state index contributed by atoms with van der Waals surface area (Å²) in [6, 6.07) is 17.2. The number of nitrogens with one attached hydrogen (secondary N) is 2. The maximum atomic E-state index is 15.8. The molecule has 60 heavy (non-hydrogen) atoms. The van der Waals surface area contributed by atoms with Crippen LogP contribution in [0.5, 0.6) is 23.0 Å². The van der Waals surface area contributed by atoms with Crippen LogP contribution in [-0.4, -0.2) is 69.7 Å².